The number of nitrogens with two attached hydrogens (primary N) is 2. The monoisotopic (exact) mass is 236 g/mol. The zero-order valence-corrected chi connectivity index (χ0v) is 10.6. The molecule has 0 spiro atoms. The molecule has 5 nitrogen and oxygen atoms in total. The van der Waals surface area contributed by atoms with Gasteiger partial charge in [0.25, 0.3) is 0 Å². The lowest BCUT2D eigenvalue weighted by Gasteiger charge is -2.29. The van der Waals surface area contributed by atoms with Crippen LogP contribution >= 0.6 is 0 Å². The summed E-state index contributed by atoms with van der Waals surface area (Å²) in [6.45, 7) is 5.60. The van der Waals surface area contributed by atoms with Crippen LogP contribution in [0.15, 0.2) is 18.3 Å². The smallest absolute Gasteiger partial charge is 0.250 e. The molecule has 0 aliphatic rings. The molecular formula is C12H20N4O. The summed E-state index contributed by atoms with van der Waals surface area (Å²) in [6.07, 6.45) is 1.49. The maximum atomic E-state index is 10.9. The summed E-state index contributed by atoms with van der Waals surface area (Å²) in [7, 11) is 1.95. The van der Waals surface area contributed by atoms with Gasteiger partial charge in [0.05, 0.1) is 5.56 Å². The van der Waals surface area contributed by atoms with Crippen molar-refractivity contribution in [3.8, 4) is 0 Å². The van der Waals surface area contributed by atoms with Crippen molar-refractivity contribution in [2.45, 2.75) is 13.8 Å². The highest BCUT2D eigenvalue weighted by molar-refractivity contribution is 5.92. The SMILES string of the molecule is CN(CC(C)(C)CN)c1ccc(C(N)=O)cn1. The molecule has 0 radical (unpaired) electrons. The quantitative estimate of drug-likeness (QED) is 0.784. The van der Waals surface area contributed by atoms with Gasteiger partial charge in [-0.05, 0) is 24.1 Å². The van der Waals surface area contributed by atoms with Gasteiger partial charge < -0.3 is 16.4 Å². The van der Waals surface area contributed by atoms with Crippen molar-refractivity contribution >= 4 is 11.7 Å². The van der Waals surface area contributed by atoms with Crippen LogP contribution < -0.4 is 16.4 Å². The van der Waals surface area contributed by atoms with E-state index in [1.54, 1.807) is 12.1 Å². The van der Waals surface area contributed by atoms with Crippen molar-refractivity contribution in [3.05, 3.63) is 23.9 Å². The molecule has 5 heteroatoms. The number of carbonyl (C=O) groups is 1. The molecule has 0 saturated carbocycles. The average Bonchev–Trinajstić information content (AvgIpc) is 2.28. The molecular weight excluding hydrogens is 216 g/mol. The number of hydrogen-bond acceptors (Lipinski definition) is 4. The van der Waals surface area contributed by atoms with Crippen LogP contribution in [0, 0.1) is 5.41 Å². The first kappa shape index (κ1) is 13.4. The fourth-order valence-electron chi connectivity index (χ4n) is 1.55. The van der Waals surface area contributed by atoms with Gasteiger partial charge >= 0.3 is 0 Å². The van der Waals surface area contributed by atoms with E-state index in [4.69, 9.17) is 11.5 Å². The van der Waals surface area contributed by atoms with Crippen molar-refractivity contribution < 1.29 is 4.79 Å². The Labute approximate surface area is 102 Å². The molecule has 1 rings (SSSR count). The lowest BCUT2D eigenvalue weighted by molar-refractivity contribution is 0.1000. The van der Waals surface area contributed by atoms with Gasteiger partial charge in [-0.15, -0.1) is 0 Å². The fourth-order valence-corrected chi connectivity index (χ4v) is 1.55. The molecule has 0 bridgehead atoms. The number of primary amides is 1. The van der Waals surface area contributed by atoms with Crippen LogP contribution in [0.3, 0.4) is 0 Å². The normalized spacial score (nSPS) is 11.3. The van der Waals surface area contributed by atoms with E-state index < -0.39 is 5.91 Å². The van der Waals surface area contributed by atoms with Crippen molar-refractivity contribution in [1.82, 2.24) is 4.98 Å². The van der Waals surface area contributed by atoms with Crippen LogP contribution in [0.2, 0.25) is 0 Å². The summed E-state index contributed by atoms with van der Waals surface area (Å²) in [5.41, 5.74) is 11.3. The lowest BCUT2D eigenvalue weighted by Crippen LogP contribution is -2.37. The Kier molecular flexibility index (Phi) is 4.07. The predicted molar refractivity (Wildman–Crippen MR) is 68.9 cm³/mol. The largest absolute Gasteiger partial charge is 0.366 e. The first-order valence-corrected chi connectivity index (χ1v) is 5.53. The number of aromatic nitrogens is 1. The highest BCUT2D eigenvalue weighted by atomic mass is 16.1. The summed E-state index contributed by atoms with van der Waals surface area (Å²) in [5.74, 6) is 0.338. The van der Waals surface area contributed by atoms with E-state index in [0.29, 0.717) is 12.1 Å². The Balaban J connectivity index is 2.76. The second-order valence-electron chi connectivity index (χ2n) is 4.99. The van der Waals surface area contributed by atoms with Crippen LogP contribution in [0.1, 0.15) is 24.2 Å². The van der Waals surface area contributed by atoms with Crippen LogP contribution in [0.25, 0.3) is 0 Å². The molecule has 4 N–H and O–H groups in total. The Hall–Kier alpha value is -1.62. The maximum absolute atomic E-state index is 10.9. The van der Waals surface area contributed by atoms with Gasteiger partial charge in [-0.3, -0.25) is 4.79 Å². The second kappa shape index (κ2) is 5.14. The summed E-state index contributed by atoms with van der Waals surface area (Å²) >= 11 is 0. The molecule has 1 amide bonds. The Bertz CT molecular complexity index is 386. The third-order valence-electron chi connectivity index (χ3n) is 2.64. The molecule has 0 atom stereocenters. The van der Waals surface area contributed by atoms with Crippen LogP contribution in [0.5, 0.6) is 0 Å². The first-order valence-electron chi connectivity index (χ1n) is 5.53. The van der Waals surface area contributed by atoms with E-state index in [1.165, 1.54) is 6.20 Å². The summed E-state index contributed by atoms with van der Waals surface area (Å²) < 4.78 is 0. The molecule has 1 aromatic rings. The van der Waals surface area contributed by atoms with E-state index in [0.717, 1.165) is 12.4 Å². The lowest BCUT2D eigenvalue weighted by atomic mass is 9.93. The van der Waals surface area contributed by atoms with E-state index >= 15 is 0 Å². The molecule has 0 aromatic carbocycles. The minimum absolute atomic E-state index is 0.0266. The fraction of sp³-hybridized carbons (Fsp3) is 0.500. The van der Waals surface area contributed by atoms with Gasteiger partial charge in [-0.25, -0.2) is 4.98 Å². The number of hydrogen-bond donors (Lipinski definition) is 2. The van der Waals surface area contributed by atoms with Gasteiger partial charge in [-0.1, -0.05) is 13.8 Å². The van der Waals surface area contributed by atoms with Crippen LogP contribution in [-0.4, -0.2) is 31.0 Å². The third-order valence-corrected chi connectivity index (χ3v) is 2.64. The van der Waals surface area contributed by atoms with E-state index in [-0.39, 0.29) is 5.41 Å². The summed E-state index contributed by atoms with van der Waals surface area (Å²) in [6, 6.07) is 3.46. The molecule has 0 unspecified atom stereocenters. The molecule has 0 fully saturated rings. The van der Waals surface area contributed by atoms with Gasteiger partial charge in [0.1, 0.15) is 5.82 Å². The Morgan fingerprint density at radius 3 is 2.53 bits per heavy atom. The van der Waals surface area contributed by atoms with Gasteiger partial charge in [-0.2, -0.15) is 0 Å². The third kappa shape index (κ3) is 3.71. The van der Waals surface area contributed by atoms with Gasteiger partial charge in [0.2, 0.25) is 5.91 Å². The molecule has 17 heavy (non-hydrogen) atoms. The van der Waals surface area contributed by atoms with Crippen LogP contribution in [-0.2, 0) is 0 Å². The second-order valence-corrected chi connectivity index (χ2v) is 4.99. The summed E-state index contributed by atoms with van der Waals surface area (Å²) in [5, 5.41) is 0. The van der Waals surface area contributed by atoms with E-state index in [2.05, 4.69) is 18.8 Å². The first-order chi connectivity index (χ1) is 7.85. The number of rotatable bonds is 5. The van der Waals surface area contributed by atoms with Crippen molar-refractivity contribution in [2.75, 3.05) is 25.0 Å². The van der Waals surface area contributed by atoms with E-state index in [1.807, 2.05) is 11.9 Å². The minimum Gasteiger partial charge on any atom is -0.366 e. The number of amides is 1. The average molecular weight is 236 g/mol. The molecule has 0 aliphatic carbocycles. The Morgan fingerprint density at radius 2 is 2.12 bits per heavy atom. The highest BCUT2D eigenvalue weighted by Gasteiger charge is 2.18. The van der Waals surface area contributed by atoms with Gasteiger partial charge in [0, 0.05) is 19.8 Å². The predicted octanol–water partition coefficient (Wildman–Crippen LogP) is 0.602. The molecule has 1 aromatic heterocycles. The molecule has 0 aliphatic heterocycles. The number of carbonyl (C=O) groups excluding carboxylic acids is 1. The van der Waals surface area contributed by atoms with Crippen molar-refractivity contribution in [3.63, 3.8) is 0 Å². The number of pyridine rings is 1. The van der Waals surface area contributed by atoms with Crippen molar-refractivity contribution in [1.29, 1.82) is 0 Å². The highest BCUT2D eigenvalue weighted by Crippen LogP contribution is 2.18. The zero-order chi connectivity index (χ0) is 13.1. The minimum atomic E-state index is -0.464. The standard InChI is InChI=1S/C12H20N4O/c1-12(2,7-13)8-16(3)10-5-4-9(6-15-10)11(14)17/h4-6H,7-8,13H2,1-3H3,(H2,14,17). The van der Waals surface area contributed by atoms with Crippen molar-refractivity contribution in [2.24, 2.45) is 16.9 Å². The number of anilines is 1. The number of nitrogens with zero attached hydrogens (tertiary/aromatic N) is 2. The topological polar surface area (TPSA) is 85.2 Å². The maximum Gasteiger partial charge on any atom is 0.250 e. The van der Waals surface area contributed by atoms with E-state index in [9.17, 15) is 4.79 Å². The zero-order valence-electron chi connectivity index (χ0n) is 10.6. The molecule has 0 saturated heterocycles. The summed E-state index contributed by atoms with van der Waals surface area (Å²) in [4.78, 5) is 17.1. The van der Waals surface area contributed by atoms with Crippen LogP contribution in [0.4, 0.5) is 5.82 Å². The Morgan fingerprint density at radius 1 is 1.47 bits per heavy atom. The molecule has 94 valence electrons. The molecule has 1 heterocycles. The van der Waals surface area contributed by atoms with Gasteiger partial charge in [0.15, 0.2) is 0 Å².